The zero-order chi connectivity index (χ0) is 18.5. The van der Waals surface area contributed by atoms with Gasteiger partial charge in [-0.1, -0.05) is 18.2 Å². The average Bonchev–Trinajstić information content (AvgIpc) is 2.63. The molecule has 2 aromatic rings. The number of nitrogens with zero attached hydrogens (tertiary/aromatic N) is 1. The molecule has 1 fully saturated rings. The number of benzene rings is 2. The Kier molecular flexibility index (Phi) is 6.25. The predicted octanol–water partition coefficient (Wildman–Crippen LogP) is 3.26. The highest BCUT2D eigenvalue weighted by Crippen LogP contribution is 2.23. The summed E-state index contributed by atoms with van der Waals surface area (Å²) in [6, 6.07) is 12.4. The summed E-state index contributed by atoms with van der Waals surface area (Å²) in [5, 5.41) is 10.3. The molecule has 2 atom stereocenters. The molecule has 0 saturated carbocycles. The van der Waals surface area contributed by atoms with Crippen LogP contribution in [0.1, 0.15) is 22.8 Å². The maximum Gasteiger partial charge on any atom is 0.123 e. The van der Waals surface area contributed by atoms with Gasteiger partial charge in [-0.05, 0) is 54.8 Å². The molecule has 2 aromatic carbocycles. The maximum atomic E-state index is 13.4. The number of halogens is 1. The first kappa shape index (κ1) is 18.8. The largest absolute Gasteiger partial charge is 0.491 e. The van der Waals surface area contributed by atoms with E-state index in [1.54, 1.807) is 6.07 Å². The Bertz CT molecular complexity index is 737. The maximum absolute atomic E-state index is 13.4. The molecule has 1 N–H and O–H groups in total. The number of rotatable bonds is 6. The van der Waals surface area contributed by atoms with Crippen molar-refractivity contribution in [2.75, 3.05) is 32.8 Å². The highest BCUT2D eigenvalue weighted by atomic mass is 19.1. The molecular formula is C21H26FNO3. The van der Waals surface area contributed by atoms with Gasteiger partial charge in [-0.3, -0.25) is 4.90 Å². The lowest BCUT2D eigenvalue weighted by atomic mass is 10.1. The van der Waals surface area contributed by atoms with Gasteiger partial charge in [0.25, 0.3) is 0 Å². The van der Waals surface area contributed by atoms with Crippen LogP contribution in [0.2, 0.25) is 0 Å². The van der Waals surface area contributed by atoms with E-state index < -0.39 is 6.10 Å². The smallest absolute Gasteiger partial charge is 0.123 e. The van der Waals surface area contributed by atoms with Gasteiger partial charge >= 0.3 is 0 Å². The fourth-order valence-corrected chi connectivity index (χ4v) is 3.12. The number of β-amino-alcohol motifs (C(OH)–C–C–N with tert-alkyl or cyclic N) is 1. The first-order chi connectivity index (χ1) is 12.5. The SMILES string of the molecule is Cc1ccc(OCC(O)CN2CCOC(c3cccc(F)c3)C2)cc1C. The van der Waals surface area contributed by atoms with Crippen molar-refractivity contribution in [3.05, 3.63) is 65.0 Å². The molecule has 0 aliphatic carbocycles. The molecule has 5 heteroatoms. The molecule has 0 bridgehead atoms. The van der Waals surface area contributed by atoms with Gasteiger partial charge in [-0.2, -0.15) is 0 Å². The second-order valence-electron chi connectivity index (χ2n) is 6.88. The van der Waals surface area contributed by atoms with E-state index in [2.05, 4.69) is 11.8 Å². The number of hydrogen-bond donors (Lipinski definition) is 1. The van der Waals surface area contributed by atoms with Gasteiger partial charge in [0, 0.05) is 19.6 Å². The van der Waals surface area contributed by atoms with Crippen molar-refractivity contribution in [2.24, 2.45) is 0 Å². The number of aliphatic hydroxyl groups excluding tert-OH is 1. The second-order valence-corrected chi connectivity index (χ2v) is 6.88. The van der Waals surface area contributed by atoms with Crippen molar-refractivity contribution in [1.82, 2.24) is 4.90 Å². The molecule has 1 saturated heterocycles. The molecule has 1 aliphatic heterocycles. The molecule has 3 rings (SSSR count). The zero-order valence-electron chi connectivity index (χ0n) is 15.3. The average molecular weight is 359 g/mol. The minimum Gasteiger partial charge on any atom is -0.491 e. The van der Waals surface area contributed by atoms with Crippen molar-refractivity contribution >= 4 is 0 Å². The minimum absolute atomic E-state index is 0.174. The predicted molar refractivity (Wildman–Crippen MR) is 99.0 cm³/mol. The van der Waals surface area contributed by atoms with Crippen molar-refractivity contribution in [1.29, 1.82) is 0 Å². The quantitative estimate of drug-likeness (QED) is 0.860. The molecule has 0 aromatic heterocycles. The van der Waals surface area contributed by atoms with E-state index in [0.29, 0.717) is 19.7 Å². The summed E-state index contributed by atoms with van der Waals surface area (Å²) in [6.07, 6.45) is -0.768. The summed E-state index contributed by atoms with van der Waals surface area (Å²) in [5.74, 6) is 0.511. The van der Waals surface area contributed by atoms with Gasteiger partial charge in [-0.15, -0.1) is 0 Å². The number of aryl methyl sites for hydroxylation is 2. The Labute approximate surface area is 154 Å². The summed E-state index contributed by atoms with van der Waals surface area (Å²) >= 11 is 0. The van der Waals surface area contributed by atoms with Crippen LogP contribution < -0.4 is 4.74 Å². The Morgan fingerprint density at radius 2 is 2.08 bits per heavy atom. The lowest BCUT2D eigenvalue weighted by molar-refractivity contribution is -0.0460. The molecule has 0 spiro atoms. The van der Waals surface area contributed by atoms with Crippen LogP contribution in [0.4, 0.5) is 4.39 Å². The van der Waals surface area contributed by atoms with E-state index in [1.807, 2.05) is 31.2 Å². The molecule has 0 amide bonds. The molecule has 1 aliphatic rings. The highest BCUT2D eigenvalue weighted by molar-refractivity contribution is 5.33. The Morgan fingerprint density at radius 1 is 1.23 bits per heavy atom. The van der Waals surface area contributed by atoms with Gasteiger partial charge in [0.05, 0.1) is 12.7 Å². The van der Waals surface area contributed by atoms with Crippen LogP contribution in [0.15, 0.2) is 42.5 Å². The summed E-state index contributed by atoms with van der Waals surface area (Å²) in [5.41, 5.74) is 3.22. The Morgan fingerprint density at radius 3 is 2.85 bits per heavy atom. The number of hydrogen-bond acceptors (Lipinski definition) is 4. The van der Waals surface area contributed by atoms with Crippen LogP contribution in [0, 0.1) is 19.7 Å². The van der Waals surface area contributed by atoms with E-state index >= 15 is 0 Å². The van der Waals surface area contributed by atoms with E-state index in [-0.39, 0.29) is 18.5 Å². The number of morpholine rings is 1. The zero-order valence-corrected chi connectivity index (χ0v) is 15.3. The van der Waals surface area contributed by atoms with Crippen molar-refractivity contribution in [3.63, 3.8) is 0 Å². The fourth-order valence-electron chi connectivity index (χ4n) is 3.12. The molecule has 2 unspecified atom stereocenters. The van der Waals surface area contributed by atoms with E-state index in [4.69, 9.17) is 9.47 Å². The lowest BCUT2D eigenvalue weighted by Gasteiger charge is -2.34. The first-order valence-electron chi connectivity index (χ1n) is 8.99. The van der Waals surface area contributed by atoms with Gasteiger partial charge in [-0.25, -0.2) is 4.39 Å². The first-order valence-corrected chi connectivity index (χ1v) is 8.99. The second kappa shape index (κ2) is 8.62. The molecule has 140 valence electrons. The summed E-state index contributed by atoms with van der Waals surface area (Å²) in [7, 11) is 0. The van der Waals surface area contributed by atoms with Gasteiger partial charge in [0.2, 0.25) is 0 Å². The molecule has 26 heavy (non-hydrogen) atoms. The van der Waals surface area contributed by atoms with E-state index in [9.17, 15) is 9.50 Å². The third kappa shape index (κ3) is 5.04. The summed E-state index contributed by atoms with van der Waals surface area (Å²) in [6.45, 7) is 6.77. The third-order valence-electron chi connectivity index (χ3n) is 4.76. The molecule has 4 nitrogen and oxygen atoms in total. The van der Waals surface area contributed by atoms with Gasteiger partial charge in [0.15, 0.2) is 0 Å². The lowest BCUT2D eigenvalue weighted by Crippen LogP contribution is -2.43. The van der Waals surface area contributed by atoms with Crippen LogP contribution in [0.5, 0.6) is 5.75 Å². The highest BCUT2D eigenvalue weighted by Gasteiger charge is 2.24. The van der Waals surface area contributed by atoms with Crippen molar-refractivity contribution in [2.45, 2.75) is 26.1 Å². The topological polar surface area (TPSA) is 41.9 Å². The van der Waals surface area contributed by atoms with Crippen LogP contribution >= 0.6 is 0 Å². The van der Waals surface area contributed by atoms with Crippen LogP contribution in [0.25, 0.3) is 0 Å². The monoisotopic (exact) mass is 359 g/mol. The van der Waals surface area contributed by atoms with Crippen LogP contribution in [-0.4, -0.2) is 49.0 Å². The van der Waals surface area contributed by atoms with E-state index in [1.165, 1.54) is 23.3 Å². The molecular weight excluding hydrogens is 333 g/mol. The van der Waals surface area contributed by atoms with Crippen LogP contribution in [-0.2, 0) is 4.74 Å². The van der Waals surface area contributed by atoms with Crippen molar-refractivity contribution < 1.29 is 19.0 Å². The fraction of sp³-hybridized carbons (Fsp3) is 0.429. The summed E-state index contributed by atoms with van der Waals surface area (Å²) in [4.78, 5) is 2.13. The Balaban J connectivity index is 1.50. The normalized spacial score (nSPS) is 19.3. The number of ether oxygens (including phenoxy) is 2. The standard InChI is InChI=1S/C21H26FNO3/c1-15-6-7-20(10-16(15)2)26-14-19(24)12-23-8-9-25-21(13-23)17-4-3-5-18(22)11-17/h3-7,10-11,19,21,24H,8-9,12-14H2,1-2H3. The molecule has 0 radical (unpaired) electrons. The van der Waals surface area contributed by atoms with Crippen molar-refractivity contribution in [3.8, 4) is 5.75 Å². The number of aliphatic hydroxyl groups is 1. The third-order valence-corrected chi connectivity index (χ3v) is 4.76. The van der Waals surface area contributed by atoms with E-state index in [0.717, 1.165) is 17.9 Å². The summed E-state index contributed by atoms with van der Waals surface area (Å²) < 4.78 is 24.9. The minimum atomic E-state index is -0.595. The van der Waals surface area contributed by atoms with Gasteiger partial charge < -0.3 is 14.6 Å². The van der Waals surface area contributed by atoms with Gasteiger partial charge in [0.1, 0.15) is 24.3 Å². The van der Waals surface area contributed by atoms with Crippen LogP contribution in [0.3, 0.4) is 0 Å². The Hall–Kier alpha value is -1.95. The molecule has 1 heterocycles.